The fraction of sp³-hybridized carbons (Fsp3) is 0.462. The lowest BCUT2D eigenvalue weighted by Gasteiger charge is -2.12. The Morgan fingerprint density at radius 3 is 2.62 bits per heavy atom. The molecule has 3 nitrogen and oxygen atoms in total. The Bertz CT molecular complexity index is 369. The number of carbonyl (C=O) groups is 1. The number of carboxylic acid groups (broad SMARTS) is 1. The van der Waals surface area contributed by atoms with Gasteiger partial charge in [-0.15, -0.1) is 0 Å². The molecular formula is C13H18O3. The quantitative estimate of drug-likeness (QED) is 0.831. The van der Waals surface area contributed by atoms with Crippen molar-refractivity contribution in [3.05, 3.63) is 29.3 Å². The Hall–Kier alpha value is -1.51. The SMILES string of the molecule is CCCOc1cc(C(C)C)ccc1C(=O)O. The van der Waals surface area contributed by atoms with Crippen LogP contribution in [0.1, 0.15) is 49.0 Å². The van der Waals surface area contributed by atoms with E-state index < -0.39 is 5.97 Å². The molecule has 0 saturated carbocycles. The highest BCUT2D eigenvalue weighted by atomic mass is 16.5. The third-order valence-corrected chi connectivity index (χ3v) is 2.36. The molecule has 16 heavy (non-hydrogen) atoms. The van der Waals surface area contributed by atoms with Gasteiger partial charge in [0.05, 0.1) is 6.61 Å². The lowest BCUT2D eigenvalue weighted by atomic mass is 10.0. The lowest BCUT2D eigenvalue weighted by Crippen LogP contribution is -2.05. The highest BCUT2D eigenvalue weighted by molar-refractivity contribution is 5.91. The van der Waals surface area contributed by atoms with Crippen molar-refractivity contribution in [2.24, 2.45) is 0 Å². The first kappa shape index (κ1) is 12.6. The van der Waals surface area contributed by atoms with Gasteiger partial charge in [-0.3, -0.25) is 0 Å². The molecule has 88 valence electrons. The molecule has 1 aromatic rings. The largest absolute Gasteiger partial charge is 0.493 e. The zero-order valence-corrected chi connectivity index (χ0v) is 9.99. The minimum atomic E-state index is -0.943. The summed E-state index contributed by atoms with van der Waals surface area (Å²) in [5.74, 6) is -0.103. The lowest BCUT2D eigenvalue weighted by molar-refractivity contribution is 0.0692. The summed E-state index contributed by atoms with van der Waals surface area (Å²) in [7, 11) is 0. The molecule has 0 aliphatic carbocycles. The summed E-state index contributed by atoms with van der Waals surface area (Å²) in [6, 6.07) is 5.28. The van der Waals surface area contributed by atoms with Crippen LogP contribution in [0.3, 0.4) is 0 Å². The summed E-state index contributed by atoms with van der Waals surface area (Å²) in [5, 5.41) is 9.01. The predicted molar refractivity (Wildman–Crippen MR) is 63.3 cm³/mol. The first-order valence-corrected chi connectivity index (χ1v) is 5.56. The molecule has 0 heterocycles. The van der Waals surface area contributed by atoms with Gasteiger partial charge in [0.25, 0.3) is 0 Å². The van der Waals surface area contributed by atoms with Crippen LogP contribution in [0.25, 0.3) is 0 Å². The Labute approximate surface area is 96.1 Å². The van der Waals surface area contributed by atoms with E-state index in [0.717, 1.165) is 12.0 Å². The maximum atomic E-state index is 11.0. The van der Waals surface area contributed by atoms with Gasteiger partial charge in [0.2, 0.25) is 0 Å². The van der Waals surface area contributed by atoms with E-state index in [4.69, 9.17) is 9.84 Å². The van der Waals surface area contributed by atoms with Gasteiger partial charge in [0.15, 0.2) is 0 Å². The highest BCUT2D eigenvalue weighted by Crippen LogP contribution is 2.25. The van der Waals surface area contributed by atoms with Crippen LogP contribution in [-0.4, -0.2) is 17.7 Å². The summed E-state index contributed by atoms with van der Waals surface area (Å²) < 4.78 is 5.46. The molecule has 0 aliphatic rings. The van der Waals surface area contributed by atoms with Crippen molar-refractivity contribution in [1.29, 1.82) is 0 Å². The molecule has 0 spiro atoms. The first-order valence-electron chi connectivity index (χ1n) is 5.56. The second-order valence-corrected chi connectivity index (χ2v) is 4.06. The van der Waals surface area contributed by atoms with Crippen LogP contribution in [0.15, 0.2) is 18.2 Å². The van der Waals surface area contributed by atoms with Crippen molar-refractivity contribution in [2.75, 3.05) is 6.61 Å². The molecule has 1 aromatic carbocycles. The molecule has 0 unspecified atom stereocenters. The zero-order valence-electron chi connectivity index (χ0n) is 9.99. The van der Waals surface area contributed by atoms with Gasteiger partial charge >= 0.3 is 5.97 Å². The van der Waals surface area contributed by atoms with E-state index in [9.17, 15) is 4.79 Å². The third kappa shape index (κ3) is 2.99. The number of rotatable bonds is 5. The van der Waals surface area contributed by atoms with Crippen LogP contribution in [-0.2, 0) is 0 Å². The standard InChI is InChI=1S/C13H18O3/c1-4-7-16-12-8-10(9(2)3)5-6-11(12)13(14)15/h5-6,8-9H,4,7H2,1-3H3,(H,14,15). The van der Waals surface area contributed by atoms with Gasteiger partial charge in [-0.25, -0.2) is 4.79 Å². The number of aromatic carboxylic acids is 1. The number of hydrogen-bond donors (Lipinski definition) is 1. The first-order chi connectivity index (χ1) is 7.56. The van der Waals surface area contributed by atoms with E-state index in [-0.39, 0.29) is 5.56 Å². The van der Waals surface area contributed by atoms with Crippen LogP contribution >= 0.6 is 0 Å². The normalized spacial score (nSPS) is 10.5. The molecule has 0 aliphatic heterocycles. The van der Waals surface area contributed by atoms with Crippen LogP contribution in [0.2, 0.25) is 0 Å². The van der Waals surface area contributed by atoms with Crippen molar-refractivity contribution < 1.29 is 14.6 Å². The summed E-state index contributed by atoms with van der Waals surface area (Å²) >= 11 is 0. The third-order valence-electron chi connectivity index (χ3n) is 2.36. The average Bonchev–Trinajstić information content (AvgIpc) is 2.25. The Morgan fingerprint density at radius 2 is 2.12 bits per heavy atom. The second-order valence-electron chi connectivity index (χ2n) is 4.06. The smallest absolute Gasteiger partial charge is 0.339 e. The number of benzene rings is 1. The van der Waals surface area contributed by atoms with Gasteiger partial charge in [0.1, 0.15) is 11.3 Å². The van der Waals surface area contributed by atoms with Crippen molar-refractivity contribution in [3.8, 4) is 5.75 Å². The molecule has 3 heteroatoms. The van der Waals surface area contributed by atoms with E-state index in [0.29, 0.717) is 18.3 Å². The maximum absolute atomic E-state index is 11.0. The summed E-state index contributed by atoms with van der Waals surface area (Å²) in [6.07, 6.45) is 0.866. The van der Waals surface area contributed by atoms with Crippen molar-refractivity contribution >= 4 is 5.97 Å². The minimum Gasteiger partial charge on any atom is -0.493 e. The molecule has 0 atom stereocenters. The van der Waals surface area contributed by atoms with Gasteiger partial charge < -0.3 is 9.84 Å². The van der Waals surface area contributed by atoms with Crippen molar-refractivity contribution in [3.63, 3.8) is 0 Å². The topological polar surface area (TPSA) is 46.5 Å². The second kappa shape index (κ2) is 5.54. The summed E-state index contributed by atoms with van der Waals surface area (Å²) in [4.78, 5) is 11.0. The molecule has 0 radical (unpaired) electrons. The van der Waals surface area contributed by atoms with E-state index in [1.54, 1.807) is 6.07 Å². The van der Waals surface area contributed by atoms with E-state index in [1.165, 1.54) is 0 Å². The van der Waals surface area contributed by atoms with Crippen LogP contribution in [0.4, 0.5) is 0 Å². The van der Waals surface area contributed by atoms with Crippen LogP contribution in [0.5, 0.6) is 5.75 Å². The molecule has 0 saturated heterocycles. The Balaban J connectivity index is 3.05. The van der Waals surface area contributed by atoms with Gasteiger partial charge in [0, 0.05) is 0 Å². The highest BCUT2D eigenvalue weighted by Gasteiger charge is 2.12. The predicted octanol–water partition coefficient (Wildman–Crippen LogP) is 3.30. The molecule has 1 rings (SSSR count). The average molecular weight is 222 g/mol. The van der Waals surface area contributed by atoms with Crippen LogP contribution < -0.4 is 4.74 Å². The van der Waals surface area contributed by atoms with E-state index >= 15 is 0 Å². The van der Waals surface area contributed by atoms with Gasteiger partial charge in [-0.1, -0.05) is 26.8 Å². The molecule has 0 aromatic heterocycles. The van der Waals surface area contributed by atoms with Crippen molar-refractivity contribution in [2.45, 2.75) is 33.1 Å². The fourth-order valence-corrected chi connectivity index (χ4v) is 1.41. The Morgan fingerprint density at radius 1 is 1.44 bits per heavy atom. The monoisotopic (exact) mass is 222 g/mol. The zero-order chi connectivity index (χ0) is 12.1. The number of ether oxygens (including phenoxy) is 1. The minimum absolute atomic E-state index is 0.234. The van der Waals surface area contributed by atoms with Gasteiger partial charge in [-0.05, 0) is 30.0 Å². The van der Waals surface area contributed by atoms with Crippen LogP contribution in [0, 0.1) is 0 Å². The molecule has 1 N–H and O–H groups in total. The molecule has 0 amide bonds. The maximum Gasteiger partial charge on any atom is 0.339 e. The molecule has 0 fully saturated rings. The summed E-state index contributed by atoms with van der Waals surface area (Å²) in [6.45, 7) is 6.67. The fourth-order valence-electron chi connectivity index (χ4n) is 1.41. The van der Waals surface area contributed by atoms with E-state index in [2.05, 4.69) is 13.8 Å². The van der Waals surface area contributed by atoms with Crippen molar-refractivity contribution in [1.82, 2.24) is 0 Å². The summed E-state index contributed by atoms with van der Waals surface area (Å²) in [5.41, 5.74) is 1.33. The van der Waals surface area contributed by atoms with E-state index in [1.807, 2.05) is 19.1 Å². The molecular weight excluding hydrogens is 204 g/mol. The molecule has 0 bridgehead atoms. The number of carboxylic acids is 1. The Kier molecular flexibility index (Phi) is 4.35. The van der Waals surface area contributed by atoms with Gasteiger partial charge in [-0.2, -0.15) is 0 Å². The number of hydrogen-bond acceptors (Lipinski definition) is 2.